The van der Waals surface area contributed by atoms with Crippen molar-refractivity contribution in [3.05, 3.63) is 18.1 Å². The predicted octanol–water partition coefficient (Wildman–Crippen LogP) is 1.47. The van der Waals surface area contributed by atoms with Crippen molar-refractivity contribution in [2.75, 3.05) is 7.11 Å². The van der Waals surface area contributed by atoms with E-state index in [0.717, 1.165) is 18.5 Å². The molecule has 4 nitrogen and oxygen atoms in total. The van der Waals surface area contributed by atoms with Gasteiger partial charge in [-0.25, -0.2) is 4.98 Å². The van der Waals surface area contributed by atoms with Crippen molar-refractivity contribution in [1.29, 1.82) is 0 Å². The Hall–Kier alpha value is -1.16. The summed E-state index contributed by atoms with van der Waals surface area (Å²) in [5.74, 6) is 0.933. The summed E-state index contributed by atoms with van der Waals surface area (Å²) >= 11 is 0. The Labute approximate surface area is 89.9 Å². The quantitative estimate of drug-likeness (QED) is 0.797. The standard InChI is InChI=1S/C11H17N3O/c1-15-11-10(13-6-7-14-11)8-4-2-3-5-9(8)12/h6-9H,2-5,12H2,1H3. The Kier molecular flexibility index (Phi) is 3.16. The highest BCUT2D eigenvalue weighted by atomic mass is 16.5. The van der Waals surface area contributed by atoms with Crippen molar-refractivity contribution >= 4 is 0 Å². The molecule has 0 bridgehead atoms. The molecular formula is C11H17N3O. The molecule has 1 heterocycles. The fraction of sp³-hybridized carbons (Fsp3) is 0.636. The fourth-order valence-electron chi connectivity index (χ4n) is 2.25. The molecule has 2 atom stereocenters. The largest absolute Gasteiger partial charge is 0.480 e. The highest BCUT2D eigenvalue weighted by Crippen LogP contribution is 2.34. The number of hydrogen-bond donors (Lipinski definition) is 1. The van der Waals surface area contributed by atoms with Gasteiger partial charge in [0.25, 0.3) is 0 Å². The van der Waals surface area contributed by atoms with Crippen LogP contribution in [0, 0.1) is 0 Å². The summed E-state index contributed by atoms with van der Waals surface area (Å²) in [4.78, 5) is 8.52. The zero-order valence-electron chi connectivity index (χ0n) is 9.02. The number of nitrogens with two attached hydrogens (primary N) is 1. The third kappa shape index (κ3) is 2.09. The molecule has 15 heavy (non-hydrogen) atoms. The normalized spacial score (nSPS) is 26.3. The van der Waals surface area contributed by atoms with Gasteiger partial charge in [0.1, 0.15) is 5.69 Å². The lowest BCUT2D eigenvalue weighted by Gasteiger charge is -2.28. The van der Waals surface area contributed by atoms with Gasteiger partial charge in [0.05, 0.1) is 7.11 Å². The molecular weight excluding hydrogens is 190 g/mol. The molecule has 0 saturated heterocycles. The molecule has 1 aromatic rings. The maximum absolute atomic E-state index is 6.11. The summed E-state index contributed by atoms with van der Waals surface area (Å²) in [6, 6.07) is 0.198. The van der Waals surface area contributed by atoms with Gasteiger partial charge in [-0.05, 0) is 12.8 Å². The van der Waals surface area contributed by atoms with Crippen LogP contribution >= 0.6 is 0 Å². The van der Waals surface area contributed by atoms with Gasteiger partial charge < -0.3 is 10.5 Å². The molecule has 2 N–H and O–H groups in total. The first-order valence-electron chi connectivity index (χ1n) is 5.43. The van der Waals surface area contributed by atoms with Crippen molar-refractivity contribution in [1.82, 2.24) is 9.97 Å². The number of rotatable bonds is 2. The summed E-state index contributed by atoms with van der Waals surface area (Å²) in [6.07, 6.45) is 7.97. The first-order chi connectivity index (χ1) is 7.33. The third-order valence-electron chi connectivity index (χ3n) is 3.06. The van der Waals surface area contributed by atoms with Gasteiger partial charge in [-0.2, -0.15) is 0 Å². The van der Waals surface area contributed by atoms with E-state index in [9.17, 15) is 0 Å². The van der Waals surface area contributed by atoms with E-state index in [0.29, 0.717) is 11.8 Å². The zero-order valence-corrected chi connectivity index (χ0v) is 9.02. The lowest BCUT2D eigenvalue weighted by atomic mass is 9.83. The van der Waals surface area contributed by atoms with Crippen molar-refractivity contribution in [3.63, 3.8) is 0 Å². The van der Waals surface area contributed by atoms with E-state index in [-0.39, 0.29) is 6.04 Å². The van der Waals surface area contributed by atoms with Crippen LogP contribution in [0.5, 0.6) is 5.88 Å². The predicted molar refractivity (Wildman–Crippen MR) is 57.8 cm³/mol. The highest BCUT2D eigenvalue weighted by Gasteiger charge is 2.27. The van der Waals surface area contributed by atoms with Gasteiger partial charge in [-0.15, -0.1) is 0 Å². The number of hydrogen-bond acceptors (Lipinski definition) is 4. The SMILES string of the molecule is COc1nccnc1C1CCCCC1N. The Balaban J connectivity index is 2.26. The van der Waals surface area contributed by atoms with Crippen LogP contribution in [0.25, 0.3) is 0 Å². The second-order valence-electron chi connectivity index (χ2n) is 4.01. The Morgan fingerprint density at radius 1 is 1.27 bits per heavy atom. The Morgan fingerprint density at radius 2 is 2.00 bits per heavy atom. The first kappa shape index (κ1) is 10.4. The van der Waals surface area contributed by atoms with Crippen LogP contribution in [0.3, 0.4) is 0 Å². The minimum absolute atomic E-state index is 0.198. The second kappa shape index (κ2) is 4.57. The smallest absolute Gasteiger partial charge is 0.235 e. The molecule has 1 aromatic heterocycles. The molecule has 4 heteroatoms. The van der Waals surface area contributed by atoms with E-state index < -0.39 is 0 Å². The van der Waals surface area contributed by atoms with Crippen molar-refractivity contribution in [2.45, 2.75) is 37.6 Å². The summed E-state index contributed by atoms with van der Waals surface area (Å²) in [7, 11) is 1.63. The molecule has 2 rings (SSSR count). The van der Waals surface area contributed by atoms with Gasteiger partial charge >= 0.3 is 0 Å². The molecule has 0 aliphatic heterocycles. The summed E-state index contributed by atoms with van der Waals surface area (Å²) in [5, 5.41) is 0. The molecule has 1 aliphatic rings. The van der Waals surface area contributed by atoms with Gasteiger partial charge in [0.15, 0.2) is 0 Å². The lowest BCUT2D eigenvalue weighted by molar-refractivity contribution is 0.345. The van der Waals surface area contributed by atoms with Crippen molar-refractivity contribution in [3.8, 4) is 5.88 Å². The molecule has 0 aromatic carbocycles. The van der Waals surface area contributed by atoms with Gasteiger partial charge in [-0.1, -0.05) is 12.8 Å². The highest BCUT2D eigenvalue weighted by molar-refractivity contribution is 5.23. The van der Waals surface area contributed by atoms with Crippen LogP contribution in [-0.4, -0.2) is 23.1 Å². The van der Waals surface area contributed by atoms with Gasteiger partial charge in [0, 0.05) is 24.4 Å². The molecule has 0 amide bonds. The van der Waals surface area contributed by atoms with E-state index >= 15 is 0 Å². The van der Waals surface area contributed by atoms with Crippen LogP contribution in [-0.2, 0) is 0 Å². The van der Waals surface area contributed by atoms with Crippen LogP contribution < -0.4 is 10.5 Å². The lowest BCUT2D eigenvalue weighted by Crippen LogP contribution is -2.32. The number of ether oxygens (including phenoxy) is 1. The average molecular weight is 207 g/mol. The maximum Gasteiger partial charge on any atom is 0.235 e. The van der Waals surface area contributed by atoms with Crippen molar-refractivity contribution < 1.29 is 4.74 Å². The molecule has 82 valence electrons. The molecule has 1 saturated carbocycles. The minimum Gasteiger partial charge on any atom is -0.480 e. The summed E-state index contributed by atoms with van der Waals surface area (Å²) < 4.78 is 5.22. The van der Waals surface area contributed by atoms with Crippen molar-refractivity contribution in [2.24, 2.45) is 5.73 Å². The molecule has 0 radical (unpaired) electrons. The van der Waals surface area contributed by atoms with E-state index in [1.807, 2.05) is 0 Å². The molecule has 1 aliphatic carbocycles. The van der Waals surface area contributed by atoms with Crippen LogP contribution in [0.4, 0.5) is 0 Å². The number of methoxy groups -OCH3 is 1. The second-order valence-corrected chi connectivity index (χ2v) is 4.01. The third-order valence-corrected chi connectivity index (χ3v) is 3.06. The Bertz CT molecular complexity index is 329. The van der Waals surface area contributed by atoms with Gasteiger partial charge in [-0.3, -0.25) is 4.98 Å². The number of aromatic nitrogens is 2. The molecule has 0 spiro atoms. The van der Waals surface area contributed by atoms with Gasteiger partial charge in [0.2, 0.25) is 5.88 Å². The first-order valence-corrected chi connectivity index (χ1v) is 5.43. The minimum atomic E-state index is 0.198. The Morgan fingerprint density at radius 3 is 2.73 bits per heavy atom. The fourth-order valence-corrected chi connectivity index (χ4v) is 2.25. The van der Waals surface area contributed by atoms with E-state index in [4.69, 9.17) is 10.5 Å². The summed E-state index contributed by atoms with van der Waals surface area (Å²) in [5.41, 5.74) is 7.03. The zero-order chi connectivity index (χ0) is 10.7. The topological polar surface area (TPSA) is 61.0 Å². The average Bonchev–Trinajstić information content (AvgIpc) is 2.30. The van der Waals surface area contributed by atoms with E-state index in [2.05, 4.69) is 9.97 Å². The van der Waals surface area contributed by atoms with Crippen LogP contribution in [0.2, 0.25) is 0 Å². The van der Waals surface area contributed by atoms with E-state index in [1.165, 1.54) is 12.8 Å². The maximum atomic E-state index is 6.11. The van der Waals surface area contributed by atoms with Crippen LogP contribution in [0.15, 0.2) is 12.4 Å². The number of nitrogens with zero attached hydrogens (tertiary/aromatic N) is 2. The summed E-state index contributed by atoms with van der Waals surface area (Å²) in [6.45, 7) is 0. The molecule has 2 unspecified atom stereocenters. The monoisotopic (exact) mass is 207 g/mol. The van der Waals surface area contributed by atoms with E-state index in [1.54, 1.807) is 19.5 Å². The van der Waals surface area contributed by atoms with Crippen LogP contribution in [0.1, 0.15) is 37.3 Å². The molecule has 1 fully saturated rings.